The Labute approximate surface area is 106 Å². The second-order valence-corrected chi connectivity index (χ2v) is 4.85. The smallest absolute Gasteiger partial charge is 0.146 e. The maximum absolute atomic E-state index is 13.4. The average Bonchev–Trinajstić information content (AvgIpc) is 2.21. The van der Waals surface area contributed by atoms with Crippen LogP contribution in [0.5, 0.6) is 0 Å². The fourth-order valence-electron chi connectivity index (χ4n) is 1.28. The lowest BCUT2D eigenvalue weighted by Crippen LogP contribution is -2.16. The highest BCUT2D eigenvalue weighted by Crippen LogP contribution is 2.24. The Kier molecular flexibility index (Phi) is 4.87. The van der Waals surface area contributed by atoms with Crippen LogP contribution in [0.3, 0.4) is 0 Å². The molecular formula is C11H10BrClF2O. The van der Waals surface area contributed by atoms with E-state index in [0.717, 1.165) is 12.1 Å². The van der Waals surface area contributed by atoms with Gasteiger partial charge in [0.15, 0.2) is 0 Å². The van der Waals surface area contributed by atoms with E-state index in [1.54, 1.807) is 6.92 Å². The Balaban J connectivity index is 2.93. The summed E-state index contributed by atoms with van der Waals surface area (Å²) in [6.07, 6.45) is 0.480. The number of ketones is 1. The van der Waals surface area contributed by atoms with Gasteiger partial charge in [-0.15, -0.1) is 0 Å². The van der Waals surface area contributed by atoms with Crippen molar-refractivity contribution in [2.24, 2.45) is 0 Å². The highest BCUT2D eigenvalue weighted by molar-refractivity contribution is 9.10. The standard InChI is InChI=1S/C11H10BrClF2O/c1-2-11(16)8(12)5-7-9(13)3-6(14)4-10(7)15/h3-4,8H,2,5H2,1H3. The molecule has 0 aliphatic heterocycles. The molecule has 0 amide bonds. The normalized spacial score (nSPS) is 12.6. The molecule has 1 rings (SSSR count). The monoisotopic (exact) mass is 310 g/mol. The van der Waals surface area contributed by atoms with Gasteiger partial charge in [-0.3, -0.25) is 4.79 Å². The highest BCUT2D eigenvalue weighted by Gasteiger charge is 2.18. The summed E-state index contributed by atoms with van der Waals surface area (Å²) in [5.41, 5.74) is 0.159. The first-order valence-electron chi connectivity index (χ1n) is 4.76. The van der Waals surface area contributed by atoms with Crippen LogP contribution in [0.4, 0.5) is 8.78 Å². The maximum Gasteiger partial charge on any atom is 0.146 e. The van der Waals surface area contributed by atoms with Gasteiger partial charge in [0.2, 0.25) is 0 Å². The molecule has 0 heterocycles. The Morgan fingerprint density at radius 1 is 1.50 bits per heavy atom. The molecule has 1 nitrogen and oxygen atoms in total. The van der Waals surface area contributed by atoms with Crippen LogP contribution in [-0.2, 0) is 11.2 Å². The van der Waals surface area contributed by atoms with E-state index in [1.165, 1.54) is 0 Å². The SMILES string of the molecule is CCC(=O)C(Br)Cc1c(F)cc(F)cc1Cl. The summed E-state index contributed by atoms with van der Waals surface area (Å²) in [6.45, 7) is 1.72. The molecule has 0 N–H and O–H groups in total. The fourth-order valence-corrected chi connectivity index (χ4v) is 2.20. The number of carbonyl (C=O) groups is 1. The van der Waals surface area contributed by atoms with Crippen molar-refractivity contribution in [3.05, 3.63) is 34.4 Å². The molecule has 1 aromatic rings. The minimum atomic E-state index is -0.724. The van der Waals surface area contributed by atoms with Gasteiger partial charge in [-0.2, -0.15) is 0 Å². The van der Waals surface area contributed by atoms with Crippen molar-refractivity contribution in [2.45, 2.75) is 24.6 Å². The van der Waals surface area contributed by atoms with Crippen molar-refractivity contribution in [3.63, 3.8) is 0 Å². The molecule has 0 bridgehead atoms. The van der Waals surface area contributed by atoms with Crippen LogP contribution in [0.1, 0.15) is 18.9 Å². The Morgan fingerprint density at radius 3 is 2.62 bits per heavy atom. The molecule has 88 valence electrons. The summed E-state index contributed by atoms with van der Waals surface area (Å²) < 4.78 is 26.1. The Morgan fingerprint density at radius 2 is 2.12 bits per heavy atom. The first-order chi connectivity index (χ1) is 7.45. The molecule has 0 radical (unpaired) electrons. The van der Waals surface area contributed by atoms with Crippen LogP contribution in [-0.4, -0.2) is 10.6 Å². The van der Waals surface area contributed by atoms with Crippen molar-refractivity contribution in [2.75, 3.05) is 0 Å². The quantitative estimate of drug-likeness (QED) is 0.771. The molecule has 16 heavy (non-hydrogen) atoms. The predicted octanol–water partition coefficient (Wildman–Crippen LogP) is 3.90. The van der Waals surface area contributed by atoms with Crippen molar-refractivity contribution in [3.8, 4) is 0 Å². The zero-order valence-corrected chi connectivity index (χ0v) is 10.9. The molecule has 0 aliphatic carbocycles. The number of carbonyl (C=O) groups excluding carboxylic acids is 1. The minimum Gasteiger partial charge on any atom is -0.298 e. The van der Waals surface area contributed by atoms with E-state index in [1.807, 2.05) is 0 Å². The van der Waals surface area contributed by atoms with Gasteiger partial charge in [0.1, 0.15) is 17.4 Å². The summed E-state index contributed by atoms with van der Waals surface area (Å²) in [7, 11) is 0. The number of halogens is 4. The molecule has 0 saturated carbocycles. The van der Waals surface area contributed by atoms with Crippen LogP contribution >= 0.6 is 27.5 Å². The van der Waals surface area contributed by atoms with Crippen molar-refractivity contribution < 1.29 is 13.6 Å². The number of hydrogen-bond acceptors (Lipinski definition) is 1. The Hall–Kier alpha value is -0.480. The lowest BCUT2D eigenvalue weighted by Gasteiger charge is -2.10. The number of hydrogen-bond donors (Lipinski definition) is 0. The van der Waals surface area contributed by atoms with E-state index in [2.05, 4.69) is 15.9 Å². The van der Waals surface area contributed by atoms with Gasteiger partial charge in [0.25, 0.3) is 0 Å². The third kappa shape index (κ3) is 3.25. The molecule has 1 aromatic carbocycles. The Bertz CT molecular complexity index is 386. The fraction of sp³-hybridized carbons (Fsp3) is 0.364. The minimum absolute atomic E-state index is 0.00542. The van der Waals surface area contributed by atoms with E-state index in [-0.39, 0.29) is 22.8 Å². The second-order valence-electron chi connectivity index (χ2n) is 3.34. The molecule has 0 spiro atoms. The molecule has 1 atom stereocenters. The third-order valence-corrected chi connectivity index (χ3v) is 3.36. The van der Waals surface area contributed by atoms with E-state index in [4.69, 9.17) is 11.6 Å². The number of Topliss-reactive ketones (excluding diaryl/α,β-unsaturated/α-hetero) is 1. The maximum atomic E-state index is 13.4. The van der Waals surface area contributed by atoms with E-state index < -0.39 is 16.5 Å². The molecule has 5 heteroatoms. The molecule has 1 unspecified atom stereocenters. The van der Waals surface area contributed by atoms with Gasteiger partial charge < -0.3 is 0 Å². The van der Waals surface area contributed by atoms with E-state index >= 15 is 0 Å². The van der Waals surface area contributed by atoms with Gasteiger partial charge in [-0.25, -0.2) is 8.78 Å². The molecule has 0 aliphatic rings. The first-order valence-corrected chi connectivity index (χ1v) is 6.05. The van der Waals surface area contributed by atoms with Crippen molar-refractivity contribution in [1.82, 2.24) is 0 Å². The number of rotatable bonds is 4. The zero-order valence-electron chi connectivity index (χ0n) is 8.57. The summed E-state index contributed by atoms with van der Waals surface area (Å²) >= 11 is 8.87. The van der Waals surface area contributed by atoms with Gasteiger partial charge in [-0.1, -0.05) is 34.5 Å². The van der Waals surface area contributed by atoms with Crippen LogP contribution in [0.25, 0.3) is 0 Å². The average molecular weight is 312 g/mol. The highest BCUT2D eigenvalue weighted by atomic mass is 79.9. The summed E-state index contributed by atoms with van der Waals surface area (Å²) in [5, 5.41) is 0.00542. The lowest BCUT2D eigenvalue weighted by atomic mass is 10.1. The molecular weight excluding hydrogens is 301 g/mol. The first kappa shape index (κ1) is 13.6. The van der Waals surface area contributed by atoms with Crippen LogP contribution < -0.4 is 0 Å². The van der Waals surface area contributed by atoms with Crippen LogP contribution in [0.15, 0.2) is 12.1 Å². The van der Waals surface area contributed by atoms with E-state index in [9.17, 15) is 13.6 Å². The third-order valence-electron chi connectivity index (χ3n) is 2.19. The predicted molar refractivity (Wildman–Crippen MR) is 63.1 cm³/mol. The largest absolute Gasteiger partial charge is 0.298 e. The second kappa shape index (κ2) is 5.73. The van der Waals surface area contributed by atoms with Gasteiger partial charge >= 0.3 is 0 Å². The lowest BCUT2D eigenvalue weighted by molar-refractivity contribution is -0.118. The van der Waals surface area contributed by atoms with Crippen LogP contribution in [0, 0.1) is 11.6 Å². The van der Waals surface area contributed by atoms with Crippen molar-refractivity contribution in [1.29, 1.82) is 0 Å². The summed E-state index contributed by atoms with van der Waals surface area (Å²) in [6, 6.07) is 1.80. The summed E-state index contributed by atoms with van der Waals surface area (Å²) in [5.74, 6) is -1.49. The van der Waals surface area contributed by atoms with Gasteiger partial charge in [-0.05, 0) is 12.5 Å². The van der Waals surface area contributed by atoms with Gasteiger partial charge in [0, 0.05) is 23.1 Å². The topological polar surface area (TPSA) is 17.1 Å². The molecule has 0 saturated heterocycles. The van der Waals surface area contributed by atoms with Gasteiger partial charge in [0.05, 0.1) is 4.83 Å². The summed E-state index contributed by atoms with van der Waals surface area (Å²) in [4.78, 5) is 10.8. The number of benzene rings is 1. The molecule has 0 fully saturated rings. The van der Waals surface area contributed by atoms with Crippen molar-refractivity contribution >= 4 is 33.3 Å². The zero-order chi connectivity index (χ0) is 12.3. The van der Waals surface area contributed by atoms with E-state index in [0.29, 0.717) is 6.42 Å². The molecule has 0 aromatic heterocycles. The number of alkyl halides is 1. The van der Waals surface area contributed by atoms with Crippen LogP contribution in [0.2, 0.25) is 5.02 Å².